The van der Waals surface area contributed by atoms with Crippen LogP contribution in [0.25, 0.3) is 0 Å². The zero-order valence-corrected chi connectivity index (χ0v) is 19.3. The van der Waals surface area contributed by atoms with Crippen LogP contribution in [0.3, 0.4) is 0 Å². The van der Waals surface area contributed by atoms with Crippen LogP contribution in [-0.2, 0) is 11.3 Å². The SMILES string of the molecule is CCCCNc1nc(C(=O)N(CCC(=O)N2CCN(CC)CC2)Cc2ccco2)cs1. The molecule has 9 heteroatoms. The first-order chi connectivity index (χ1) is 15.1. The smallest absolute Gasteiger partial charge is 0.273 e. The summed E-state index contributed by atoms with van der Waals surface area (Å²) in [6.45, 7) is 10.1. The molecule has 0 aliphatic carbocycles. The molecule has 0 saturated carbocycles. The molecule has 0 unspecified atom stereocenters. The number of piperazine rings is 1. The first kappa shape index (κ1) is 23.3. The van der Waals surface area contributed by atoms with Crippen molar-refractivity contribution in [3.8, 4) is 0 Å². The Morgan fingerprint density at radius 1 is 1.26 bits per heavy atom. The number of anilines is 1. The first-order valence-electron chi connectivity index (χ1n) is 11.1. The van der Waals surface area contributed by atoms with Crippen molar-refractivity contribution >= 4 is 28.3 Å². The zero-order chi connectivity index (χ0) is 22.1. The Morgan fingerprint density at radius 2 is 2.06 bits per heavy atom. The van der Waals surface area contributed by atoms with Crippen LogP contribution in [-0.4, -0.2) is 77.3 Å². The molecule has 1 fully saturated rings. The first-order valence-corrected chi connectivity index (χ1v) is 12.0. The number of unbranched alkanes of at least 4 members (excludes halogenated alkanes) is 1. The quantitative estimate of drug-likeness (QED) is 0.533. The maximum atomic E-state index is 13.2. The molecule has 0 radical (unpaired) electrons. The predicted octanol–water partition coefficient (Wildman–Crippen LogP) is 3.14. The fourth-order valence-corrected chi connectivity index (χ4v) is 4.25. The highest BCUT2D eigenvalue weighted by Crippen LogP contribution is 2.19. The zero-order valence-electron chi connectivity index (χ0n) is 18.5. The fourth-order valence-electron chi connectivity index (χ4n) is 3.53. The van der Waals surface area contributed by atoms with Crippen LogP contribution in [0.5, 0.6) is 0 Å². The third-order valence-electron chi connectivity index (χ3n) is 5.51. The monoisotopic (exact) mass is 447 g/mol. The molecule has 1 aliphatic heterocycles. The third kappa shape index (κ3) is 6.80. The summed E-state index contributed by atoms with van der Waals surface area (Å²) in [7, 11) is 0. The Hall–Kier alpha value is -2.39. The standard InChI is InChI=1S/C22H33N5O3S/c1-3-5-9-23-22-24-19(17-31-22)21(29)27(16-18-7-6-15-30-18)10-8-20(28)26-13-11-25(4-2)12-14-26/h6-7,15,17H,3-5,8-14,16H2,1-2H3,(H,23,24). The number of nitrogens with zero attached hydrogens (tertiary/aromatic N) is 4. The minimum absolute atomic E-state index is 0.0909. The number of nitrogens with one attached hydrogen (secondary N) is 1. The van der Waals surface area contributed by atoms with Gasteiger partial charge >= 0.3 is 0 Å². The number of hydrogen-bond donors (Lipinski definition) is 1. The van der Waals surface area contributed by atoms with Crippen molar-refractivity contribution in [2.24, 2.45) is 0 Å². The topological polar surface area (TPSA) is 81.9 Å². The van der Waals surface area contributed by atoms with Gasteiger partial charge in [-0.3, -0.25) is 9.59 Å². The molecule has 1 saturated heterocycles. The number of furan rings is 1. The Bertz CT molecular complexity index is 815. The highest BCUT2D eigenvalue weighted by molar-refractivity contribution is 7.13. The number of amides is 2. The summed E-state index contributed by atoms with van der Waals surface area (Å²) < 4.78 is 5.44. The van der Waals surface area contributed by atoms with Gasteiger partial charge in [0, 0.05) is 51.1 Å². The van der Waals surface area contributed by atoms with Crippen LogP contribution in [0.4, 0.5) is 5.13 Å². The van der Waals surface area contributed by atoms with Crippen molar-refractivity contribution < 1.29 is 14.0 Å². The number of rotatable bonds is 11. The van der Waals surface area contributed by atoms with Gasteiger partial charge in [0.15, 0.2) is 5.13 Å². The van der Waals surface area contributed by atoms with E-state index in [1.807, 2.05) is 11.0 Å². The lowest BCUT2D eigenvalue weighted by Crippen LogP contribution is -2.49. The molecule has 2 aromatic rings. The van der Waals surface area contributed by atoms with E-state index >= 15 is 0 Å². The maximum Gasteiger partial charge on any atom is 0.273 e. The van der Waals surface area contributed by atoms with E-state index < -0.39 is 0 Å². The molecule has 8 nitrogen and oxygen atoms in total. The Balaban J connectivity index is 1.60. The Morgan fingerprint density at radius 3 is 2.74 bits per heavy atom. The number of carbonyl (C=O) groups excluding carboxylic acids is 2. The number of aromatic nitrogens is 1. The molecule has 0 spiro atoms. The van der Waals surface area contributed by atoms with Crippen molar-refractivity contribution in [2.75, 3.05) is 51.1 Å². The van der Waals surface area contributed by atoms with Crippen LogP contribution in [0.1, 0.15) is 49.4 Å². The van der Waals surface area contributed by atoms with Gasteiger partial charge in [0.1, 0.15) is 11.5 Å². The average molecular weight is 448 g/mol. The Kier molecular flexibility index (Phi) is 8.90. The van der Waals surface area contributed by atoms with Gasteiger partial charge in [-0.15, -0.1) is 11.3 Å². The van der Waals surface area contributed by atoms with Gasteiger partial charge in [0.25, 0.3) is 5.91 Å². The van der Waals surface area contributed by atoms with Crippen LogP contribution in [0.15, 0.2) is 28.2 Å². The summed E-state index contributed by atoms with van der Waals surface area (Å²) in [6.07, 6.45) is 4.05. The molecule has 1 aliphatic rings. The molecule has 3 heterocycles. The average Bonchev–Trinajstić information content (AvgIpc) is 3.48. The van der Waals surface area contributed by atoms with Crippen molar-refractivity contribution in [1.29, 1.82) is 0 Å². The van der Waals surface area contributed by atoms with E-state index in [1.54, 1.807) is 22.6 Å². The lowest BCUT2D eigenvalue weighted by Gasteiger charge is -2.34. The highest BCUT2D eigenvalue weighted by atomic mass is 32.1. The molecule has 2 amide bonds. The van der Waals surface area contributed by atoms with Gasteiger partial charge in [0.05, 0.1) is 12.8 Å². The summed E-state index contributed by atoms with van der Waals surface area (Å²) in [4.78, 5) is 36.2. The lowest BCUT2D eigenvalue weighted by molar-refractivity contribution is -0.133. The summed E-state index contributed by atoms with van der Waals surface area (Å²) in [5.41, 5.74) is 0.402. The molecule has 1 N–H and O–H groups in total. The normalized spacial score (nSPS) is 14.6. The van der Waals surface area contributed by atoms with Gasteiger partial charge in [-0.25, -0.2) is 4.98 Å². The number of hydrogen-bond acceptors (Lipinski definition) is 7. The molecule has 170 valence electrons. The minimum Gasteiger partial charge on any atom is -0.467 e. The maximum absolute atomic E-state index is 13.2. The summed E-state index contributed by atoms with van der Waals surface area (Å²) >= 11 is 1.43. The van der Waals surface area contributed by atoms with Crippen molar-refractivity contribution in [2.45, 2.75) is 39.7 Å². The van der Waals surface area contributed by atoms with Crippen molar-refractivity contribution in [1.82, 2.24) is 19.7 Å². The lowest BCUT2D eigenvalue weighted by atomic mass is 10.2. The van der Waals surface area contributed by atoms with E-state index in [1.165, 1.54) is 11.3 Å². The van der Waals surface area contributed by atoms with Crippen molar-refractivity contribution in [3.63, 3.8) is 0 Å². The Labute approximate surface area is 188 Å². The molecule has 2 aromatic heterocycles. The minimum atomic E-state index is -0.181. The summed E-state index contributed by atoms with van der Waals surface area (Å²) in [5.74, 6) is 0.599. The summed E-state index contributed by atoms with van der Waals surface area (Å²) in [6, 6.07) is 3.64. The largest absolute Gasteiger partial charge is 0.467 e. The van der Waals surface area contributed by atoms with Crippen molar-refractivity contribution in [3.05, 3.63) is 35.2 Å². The number of thiazole rings is 1. The molecule has 0 bridgehead atoms. The molecule has 31 heavy (non-hydrogen) atoms. The molecular weight excluding hydrogens is 414 g/mol. The van der Waals surface area contributed by atoms with Gasteiger partial charge in [-0.1, -0.05) is 20.3 Å². The molecule has 0 atom stereocenters. The molecule has 3 rings (SSSR count). The summed E-state index contributed by atoms with van der Waals surface area (Å²) in [5, 5.41) is 5.79. The van der Waals surface area contributed by atoms with Gasteiger partial charge in [-0.05, 0) is 25.1 Å². The van der Waals surface area contributed by atoms with Crippen LogP contribution in [0, 0.1) is 0 Å². The van der Waals surface area contributed by atoms with E-state index in [9.17, 15) is 9.59 Å². The van der Waals surface area contributed by atoms with E-state index in [0.717, 1.165) is 57.2 Å². The highest BCUT2D eigenvalue weighted by Gasteiger charge is 2.24. The second-order valence-corrected chi connectivity index (χ2v) is 8.55. The second-order valence-electron chi connectivity index (χ2n) is 7.69. The molecule has 0 aromatic carbocycles. The van der Waals surface area contributed by atoms with Crippen LogP contribution in [0.2, 0.25) is 0 Å². The van der Waals surface area contributed by atoms with E-state index in [-0.39, 0.29) is 11.8 Å². The van der Waals surface area contributed by atoms with E-state index in [4.69, 9.17) is 4.42 Å². The van der Waals surface area contributed by atoms with Crippen LogP contribution >= 0.6 is 11.3 Å². The second kappa shape index (κ2) is 11.9. The van der Waals surface area contributed by atoms with Gasteiger partial charge in [-0.2, -0.15) is 0 Å². The van der Waals surface area contributed by atoms with Crippen LogP contribution < -0.4 is 5.32 Å². The van der Waals surface area contributed by atoms with Gasteiger partial charge < -0.3 is 24.4 Å². The predicted molar refractivity (Wildman–Crippen MR) is 122 cm³/mol. The van der Waals surface area contributed by atoms with E-state index in [0.29, 0.717) is 31.0 Å². The molecular formula is C22H33N5O3S. The number of carbonyl (C=O) groups is 2. The third-order valence-corrected chi connectivity index (χ3v) is 6.31. The number of likely N-dealkylation sites (N-methyl/N-ethyl adjacent to an activating group) is 1. The fraction of sp³-hybridized carbons (Fsp3) is 0.591. The van der Waals surface area contributed by atoms with Gasteiger partial charge in [0.2, 0.25) is 5.91 Å². The van der Waals surface area contributed by atoms with E-state index in [2.05, 4.69) is 29.0 Å².